The Balaban J connectivity index is 1.81. The molecule has 3 N–H and O–H groups in total. The second-order valence-electron chi connectivity index (χ2n) is 6.85. The van der Waals surface area contributed by atoms with E-state index in [9.17, 15) is 4.79 Å². The molecule has 2 aromatic carbocycles. The van der Waals surface area contributed by atoms with Gasteiger partial charge in [0, 0.05) is 36.5 Å². The van der Waals surface area contributed by atoms with Crippen molar-refractivity contribution in [3.05, 3.63) is 60.7 Å². The summed E-state index contributed by atoms with van der Waals surface area (Å²) in [5, 5.41) is 9.51. The molecule has 150 valence electrons. The van der Waals surface area contributed by atoms with Crippen molar-refractivity contribution in [2.24, 2.45) is 0 Å². The summed E-state index contributed by atoms with van der Waals surface area (Å²) in [6, 6.07) is 19.4. The normalized spacial score (nSPS) is 10.4. The third kappa shape index (κ3) is 6.31. The minimum atomic E-state index is -0.0900. The largest absolute Gasteiger partial charge is 0.370 e. The lowest BCUT2D eigenvalue weighted by atomic mass is 10.2. The SMILES string of the molecule is CCCCCNc1cc(Nc2ccc(NC(C)=O)cc2)nc(-c2ccccc2)n1. The summed E-state index contributed by atoms with van der Waals surface area (Å²) in [5.41, 5.74) is 2.61. The molecule has 0 aliphatic heterocycles. The highest BCUT2D eigenvalue weighted by molar-refractivity contribution is 5.88. The van der Waals surface area contributed by atoms with Crippen LogP contribution in [0.2, 0.25) is 0 Å². The highest BCUT2D eigenvalue weighted by atomic mass is 16.1. The molecule has 0 aliphatic carbocycles. The van der Waals surface area contributed by atoms with Crippen molar-refractivity contribution >= 4 is 28.9 Å². The van der Waals surface area contributed by atoms with Gasteiger partial charge in [-0.15, -0.1) is 0 Å². The average molecular weight is 390 g/mol. The molecule has 0 atom stereocenters. The van der Waals surface area contributed by atoms with E-state index >= 15 is 0 Å². The highest BCUT2D eigenvalue weighted by Crippen LogP contribution is 2.23. The molecular weight excluding hydrogens is 362 g/mol. The van der Waals surface area contributed by atoms with Crippen LogP contribution in [0.1, 0.15) is 33.1 Å². The highest BCUT2D eigenvalue weighted by Gasteiger charge is 2.08. The lowest BCUT2D eigenvalue weighted by molar-refractivity contribution is -0.114. The molecule has 3 rings (SSSR count). The van der Waals surface area contributed by atoms with Crippen LogP contribution in [0, 0.1) is 0 Å². The summed E-state index contributed by atoms with van der Waals surface area (Å²) in [4.78, 5) is 20.5. The van der Waals surface area contributed by atoms with Crippen LogP contribution < -0.4 is 16.0 Å². The minimum Gasteiger partial charge on any atom is -0.370 e. The van der Waals surface area contributed by atoms with Gasteiger partial charge in [-0.3, -0.25) is 4.79 Å². The first kappa shape index (κ1) is 20.3. The monoisotopic (exact) mass is 389 g/mol. The number of unbranched alkanes of at least 4 members (excludes halogenated alkanes) is 2. The van der Waals surface area contributed by atoms with Gasteiger partial charge in [0.05, 0.1) is 0 Å². The lowest BCUT2D eigenvalue weighted by Crippen LogP contribution is -2.07. The topological polar surface area (TPSA) is 78.9 Å². The zero-order valence-electron chi connectivity index (χ0n) is 16.9. The molecule has 1 aromatic heterocycles. The second-order valence-corrected chi connectivity index (χ2v) is 6.85. The van der Waals surface area contributed by atoms with E-state index in [0.29, 0.717) is 11.6 Å². The first-order valence-electron chi connectivity index (χ1n) is 9.97. The Morgan fingerprint density at radius 2 is 1.59 bits per heavy atom. The van der Waals surface area contributed by atoms with Gasteiger partial charge in [0.2, 0.25) is 5.91 Å². The number of carbonyl (C=O) groups excluding carboxylic acids is 1. The molecule has 3 aromatic rings. The first-order valence-corrected chi connectivity index (χ1v) is 9.97. The van der Waals surface area contributed by atoms with Crippen LogP contribution in [0.5, 0.6) is 0 Å². The van der Waals surface area contributed by atoms with Crippen LogP contribution in [0.25, 0.3) is 11.4 Å². The zero-order valence-corrected chi connectivity index (χ0v) is 16.9. The van der Waals surface area contributed by atoms with Gasteiger partial charge in [0.25, 0.3) is 0 Å². The Labute approximate surface area is 171 Å². The van der Waals surface area contributed by atoms with Crippen molar-refractivity contribution in [2.75, 3.05) is 22.5 Å². The number of aromatic nitrogens is 2. The van der Waals surface area contributed by atoms with Crippen LogP contribution >= 0.6 is 0 Å². The summed E-state index contributed by atoms with van der Waals surface area (Å²) < 4.78 is 0. The lowest BCUT2D eigenvalue weighted by Gasteiger charge is -2.12. The van der Waals surface area contributed by atoms with Gasteiger partial charge in [-0.05, 0) is 30.7 Å². The van der Waals surface area contributed by atoms with Crippen LogP contribution in [0.4, 0.5) is 23.0 Å². The van der Waals surface area contributed by atoms with Crippen LogP contribution in [-0.2, 0) is 4.79 Å². The van der Waals surface area contributed by atoms with Crippen molar-refractivity contribution in [3.8, 4) is 11.4 Å². The fourth-order valence-electron chi connectivity index (χ4n) is 2.90. The molecule has 6 nitrogen and oxygen atoms in total. The van der Waals surface area contributed by atoms with E-state index in [1.165, 1.54) is 19.8 Å². The minimum absolute atomic E-state index is 0.0900. The molecule has 0 radical (unpaired) electrons. The predicted molar refractivity (Wildman–Crippen MR) is 120 cm³/mol. The summed E-state index contributed by atoms with van der Waals surface area (Å²) in [5.74, 6) is 2.09. The van der Waals surface area contributed by atoms with E-state index in [4.69, 9.17) is 0 Å². The maximum absolute atomic E-state index is 11.2. The van der Waals surface area contributed by atoms with Crippen LogP contribution in [0.15, 0.2) is 60.7 Å². The molecule has 0 bridgehead atoms. The Morgan fingerprint density at radius 1 is 0.897 bits per heavy atom. The molecule has 0 saturated carbocycles. The van der Waals surface area contributed by atoms with Gasteiger partial charge in [-0.25, -0.2) is 9.97 Å². The van der Waals surface area contributed by atoms with Gasteiger partial charge < -0.3 is 16.0 Å². The molecule has 29 heavy (non-hydrogen) atoms. The molecular formula is C23H27N5O. The number of nitrogens with one attached hydrogen (secondary N) is 3. The van der Waals surface area contributed by atoms with Crippen LogP contribution in [0.3, 0.4) is 0 Å². The van der Waals surface area contributed by atoms with E-state index in [-0.39, 0.29) is 5.91 Å². The predicted octanol–water partition coefficient (Wildman–Crippen LogP) is 5.45. The summed E-state index contributed by atoms with van der Waals surface area (Å²) in [7, 11) is 0. The number of anilines is 4. The van der Waals surface area contributed by atoms with Crippen molar-refractivity contribution in [1.82, 2.24) is 9.97 Å². The third-order valence-corrected chi connectivity index (χ3v) is 4.32. The van der Waals surface area contributed by atoms with Gasteiger partial charge in [-0.2, -0.15) is 0 Å². The van der Waals surface area contributed by atoms with E-state index in [1.54, 1.807) is 0 Å². The van der Waals surface area contributed by atoms with Crippen molar-refractivity contribution in [2.45, 2.75) is 33.1 Å². The van der Waals surface area contributed by atoms with E-state index in [1.807, 2.05) is 60.7 Å². The number of rotatable bonds is 9. The van der Waals surface area contributed by atoms with E-state index in [2.05, 4.69) is 32.8 Å². The Morgan fingerprint density at radius 3 is 2.28 bits per heavy atom. The van der Waals surface area contributed by atoms with Crippen molar-refractivity contribution in [1.29, 1.82) is 0 Å². The fraction of sp³-hybridized carbons (Fsp3) is 0.261. The van der Waals surface area contributed by atoms with Gasteiger partial charge in [0.15, 0.2) is 5.82 Å². The fourth-order valence-corrected chi connectivity index (χ4v) is 2.90. The summed E-state index contributed by atoms with van der Waals surface area (Å²) >= 11 is 0. The van der Waals surface area contributed by atoms with Crippen molar-refractivity contribution in [3.63, 3.8) is 0 Å². The molecule has 0 spiro atoms. The molecule has 0 saturated heterocycles. The second kappa shape index (κ2) is 10.2. The first-order chi connectivity index (χ1) is 14.1. The van der Waals surface area contributed by atoms with Gasteiger partial charge in [-0.1, -0.05) is 50.1 Å². The van der Waals surface area contributed by atoms with Gasteiger partial charge in [0.1, 0.15) is 11.6 Å². The number of nitrogens with zero attached hydrogens (tertiary/aromatic N) is 2. The van der Waals surface area contributed by atoms with Crippen LogP contribution in [-0.4, -0.2) is 22.4 Å². The molecule has 1 heterocycles. The third-order valence-electron chi connectivity index (χ3n) is 4.32. The number of benzene rings is 2. The molecule has 0 aliphatic rings. The number of carbonyl (C=O) groups is 1. The molecule has 1 amide bonds. The summed E-state index contributed by atoms with van der Waals surface area (Å²) in [6.45, 7) is 4.56. The Bertz CT molecular complexity index is 926. The maximum atomic E-state index is 11.2. The maximum Gasteiger partial charge on any atom is 0.221 e. The Hall–Kier alpha value is -3.41. The van der Waals surface area contributed by atoms with E-state index < -0.39 is 0 Å². The Kier molecular flexibility index (Phi) is 7.16. The molecule has 6 heteroatoms. The smallest absolute Gasteiger partial charge is 0.221 e. The van der Waals surface area contributed by atoms with Crippen molar-refractivity contribution < 1.29 is 4.79 Å². The molecule has 0 unspecified atom stereocenters. The standard InChI is InChI=1S/C23H27N5O/c1-3-4-8-15-24-21-16-22(28-23(27-21)18-9-6-5-7-10-18)26-20-13-11-19(12-14-20)25-17(2)29/h5-7,9-14,16H,3-4,8,15H2,1-2H3,(H,25,29)(H2,24,26,27,28). The van der Waals surface area contributed by atoms with Gasteiger partial charge >= 0.3 is 0 Å². The van der Waals surface area contributed by atoms with E-state index in [0.717, 1.165) is 35.7 Å². The molecule has 0 fully saturated rings. The number of hydrogen-bond acceptors (Lipinski definition) is 5. The summed E-state index contributed by atoms with van der Waals surface area (Å²) in [6.07, 6.45) is 3.48. The quantitative estimate of drug-likeness (QED) is 0.424. The number of amides is 1. The number of hydrogen-bond donors (Lipinski definition) is 3. The zero-order chi connectivity index (χ0) is 20.5. The average Bonchev–Trinajstić information content (AvgIpc) is 2.73.